The second kappa shape index (κ2) is 7.63. The molecular formula is C11H15ClN4O3S. The van der Waals surface area contributed by atoms with Gasteiger partial charge in [-0.05, 0) is 17.9 Å². The zero-order valence-corrected chi connectivity index (χ0v) is 12.5. The molecular weight excluding hydrogens is 304 g/mol. The molecule has 0 aliphatic carbocycles. The largest absolute Gasteiger partial charge is 0.377 e. The summed E-state index contributed by atoms with van der Waals surface area (Å²) in [5.74, 6) is 0.662. The summed E-state index contributed by atoms with van der Waals surface area (Å²) in [7, 11) is 0. The normalized spacial score (nSPS) is 11.3. The van der Waals surface area contributed by atoms with Gasteiger partial charge in [-0.15, -0.1) is 11.8 Å². The van der Waals surface area contributed by atoms with E-state index in [9.17, 15) is 4.79 Å². The van der Waals surface area contributed by atoms with Gasteiger partial charge in [-0.2, -0.15) is 5.10 Å². The number of H-pyrrole nitrogens is 1. The number of aromatic nitrogens is 4. The fraction of sp³-hybridized carbons (Fsp3) is 0.545. The Balaban J connectivity index is 1.86. The van der Waals surface area contributed by atoms with Crippen LogP contribution in [-0.2, 0) is 16.0 Å². The molecule has 0 aromatic carbocycles. The van der Waals surface area contributed by atoms with Crippen molar-refractivity contribution < 1.29 is 9.47 Å². The van der Waals surface area contributed by atoms with Crippen molar-refractivity contribution in [3.05, 3.63) is 21.8 Å². The highest BCUT2D eigenvalue weighted by atomic mass is 35.5. The number of nitrogens with one attached hydrogen (secondary N) is 1. The van der Waals surface area contributed by atoms with Gasteiger partial charge in [0.25, 0.3) is 5.56 Å². The molecule has 0 spiro atoms. The molecule has 0 saturated heterocycles. The minimum atomic E-state index is -0.305. The minimum Gasteiger partial charge on any atom is -0.377 e. The number of nitrogens with zero attached hydrogens (tertiary/aromatic N) is 3. The van der Waals surface area contributed by atoms with E-state index >= 15 is 0 Å². The van der Waals surface area contributed by atoms with E-state index in [2.05, 4.69) is 15.1 Å². The molecule has 2 aromatic rings. The van der Waals surface area contributed by atoms with Crippen LogP contribution in [0.3, 0.4) is 0 Å². The third kappa shape index (κ3) is 3.95. The van der Waals surface area contributed by atoms with E-state index in [1.54, 1.807) is 16.4 Å². The summed E-state index contributed by atoms with van der Waals surface area (Å²) in [6, 6.07) is 0. The third-order valence-corrected chi connectivity index (χ3v) is 3.07. The molecule has 0 amide bonds. The highest BCUT2D eigenvalue weighted by Crippen LogP contribution is 2.08. The van der Waals surface area contributed by atoms with Crippen molar-refractivity contribution in [2.75, 3.05) is 32.0 Å². The van der Waals surface area contributed by atoms with Gasteiger partial charge in [-0.3, -0.25) is 14.5 Å². The summed E-state index contributed by atoms with van der Waals surface area (Å²) in [6.45, 7) is 1.98. The fourth-order valence-corrected chi connectivity index (χ4v) is 2.12. The van der Waals surface area contributed by atoms with Crippen LogP contribution >= 0.6 is 23.4 Å². The second-order valence-electron chi connectivity index (χ2n) is 3.89. The van der Waals surface area contributed by atoms with Crippen LogP contribution in [-0.4, -0.2) is 51.8 Å². The van der Waals surface area contributed by atoms with E-state index in [1.807, 2.05) is 6.26 Å². The predicted molar refractivity (Wildman–Crippen MR) is 78.3 cm³/mol. The number of thioether (sulfide) groups is 1. The van der Waals surface area contributed by atoms with E-state index < -0.39 is 0 Å². The van der Waals surface area contributed by atoms with Gasteiger partial charge in [0.15, 0.2) is 5.52 Å². The Kier molecular flexibility index (Phi) is 5.84. The van der Waals surface area contributed by atoms with Crippen molar-refractivity contribution in [1.82, 2.24) is 19.7 Å². The zero-order chi connectivity index (χ0) is 14.4. The first-order chi connectivity index (χ1) is 9.72. The molecule has 110 valence electrons. The number of ether oxygens (including phenoxy) is 2. The molecule has 9 heteroatoms. The summed E-state index contributed by atoms with van der Waals surface area (Å²) < 4.78 is 12.2. The molecule has 0 aliphatic heterocycles. The van der Waals surface area contributed by atoms with Gasteiger partial charge in [0.1, 0.15) is 5.52 Å². The van der Waals surface area contributed by atoms with Crippen molar-refractivity contribution in [3.8, 4) is 0 Å². The van der Waals surface area contributed by atoms with E-state index in [0.717, 1.165) is 0 Å². The molecule has 2 aromatic heterocycles. The first kappa shape index (κ1) is 15.3. The monoisotopic (exact) mass is 318 g/mol. The molecule has 0 aliphatic rings. The molecule has 2 heterocycles. The average molecular weight is 319 g/mol. The second-order valence-corrected chi connectivity index (χ2v) is 5.06. The lowest BCUT2D eigenvalue weighted by Gasteiger charge is -2.05. The maximum absolute atomic E-state index is 11.8. The Labute approximate surface area is 124 Å². The number of hydrogen-bond acceptors (Lipinski definition) is 6. The molecule has 20 heavy (non-hydrogen) atoms. The Bertz CT molecular complexity index is 615. The number of halogens is 1. The van der Waals surface area contributed by atoms with Crippen LogP contribution in [0.15, 0.2) is 11.0 Å². The lowest BCUT2D eigenvalue weighted by Crippen LogP contribution is -2.16. The van der Waals surface area contributed by atoms with E-state index in [4.69, 9.17) is 21.1 Å². The Morgan fingerprint density at radius 3 is 3.00 bits per heavy atom. The smallest absolute Gasteiger partial charge is 0.278 e. The van der Waals surface area contributed by atoms with Crippen LogP contribution in [0.4, 0.5) is 0 Å². The zero-order valence-electron chi connectivity index (χ0n) is 11.0. The van der Waals surface area contributed by atoms with Crippen molar-refractivity contribution in [2.45, 2.75) is 6.54 Å². The molecule has 0 atom stereocenters. The van der Waals surface area contributed by atoms with Gasteiger partial charge in [-0.1, -0.05) is 0 Å². The van der Waals surface area contributed by atoms with Crippen molar-refractivity contribution in [1.29, 1.82) is 0 Å². The predicted octanol–water partition coefficient (Wildman–Crippen LogP) is 1.13. The van der Waals surface area contributed by atoms with Gasteiger partial charge in [0.05, 0.1) is 38.5 Å². The highest BCUT2D eigenvalue weighted by molar-refractivity contribution is 7.98. The van der Waals surface area contributed by atoms with Crippen LogP contribution in [0, 0.1) is 0 Å². The molecule has 0 fully saturated rings. The van der Waals surface area contributed by atoms with Gasteiger partial charge < -0.3 is 9.47 Å². The van der Waals surface area contributed by atoms with Gasteiger partial charge in [0, 0.05) is 0 Å². The number of aromatic amines is 1. The summed E-state index contributed by atoms with van der Waals surface area (Å²) in [5, 5.41) is 4.16. The van der Waals surface area contributed by atoms with Crippen molar-refractivity contribution >= 4 is 34.4 Å². The first-order valence-corrected chi connectivity index (χ1v) is 7.75. The highest BCUT2D eigenvalue weighted by Gasteiger charge is 2.09. The summed E-state index contributed by atoms with van der Waals surface area (Å²) >= 11 is 7.30. The summed E-state index contributed by atoms with van der Waals surface area (Å²) in [6.07, 6.45) is 3.49. The van der Waals surface area contributed by atoms with E-state index in [0.29, 0.717) is 43.3 Å². The quantitative estimate of drug-likeness (QED) is 0.446. The maximum Gasteiger partial charge on any atom is 0.278 e. The minimum absolute atomic E-state index is 0.0595. The lowest BCUT2D eigenvalue weighted by molar-refractivity contribution is 0.0611. The van der Waals surface area contributed by atoms with Crippen LogP contribution in [0.25, 0.3) is 11.0 Å². The molecule has 7 nitrogen and oxygen atoms in total. The van der Waals surface area contributed by atoms with Crippen molar-refractivity contribution in [2.24, 2.45) is 0 Å². The van der Waals surface area contributed by atoms with E-state index in [-0.39, 0.29) is 10.8 Å². The Hall–Kier alpha value is -1.09. The fourth-order valence-electron chi connectivity index (χ4n) is 1.66. The Morgan fingerprint density at radius 2 is 2.20 bits per heavy atom. The van der Waals surface area contributed by atoms with E-state index in [1.165, 1.54) is 6.20 Å². The van der Waals surface area contributed by atoms with Crippen LogP contribution in [0.2, 0.25) is 5.28 Å². The molecule has 0 unspecified atom stereocenters. The summed E-state index contributed by atoms with van der Waals surface area (Å²) in [4.78, 5) is 18.2. The Morgan fingerprint density at radius 1 is 1.40 bits per heavy atom. The molecule has 1 N–H and O–H groups in total. The number of hydrogen-bond donors (Lipinski definition) is 1. The van der Waals surface area contributed by atoms with Crippen molar-refractivity contribution in [3.63, 3.8) is 0 Å². The van der Waals surface area contributed by atoms with Crippen LogP contribution in [0.5, 0.6) is 0 Å². The topological polar surface area (TPSA) is 82.0 Å². The van der Waals surface area contributed by atoms with Gasteiger partial charge in [-0.25, -0.2) is 4.98 Å². The SMILES string of the molecule is CSCOCCOCCn1ncc2nc(Cl)[nH]c(=O)c21. The number of rotatable bonds is 8. The molecule has 2 rings (SSSR count). The third-order valence-electron chi connectivity index (χ3n) is 2.49. The number of fused-ring (bicyclic) bond motifs is 1. The average Bonchev–Trinajstić information content (AvgIpc) is 2.81. The van der Waals surface area contributed by atoms with Crippen LogP contribution < -0.4 is 5.56 Å². The molecule has 0 bridgehead atoms. The van der Waals surface area contributed by atoms with Crippen LogP contribution in [0.1, 0.15) is 0 Å². The van der Waals surface area contributed by atoms with Gasteiger partial charge in [0.2, 0.25) is 5.28 Å². The molecule has 0 radical (unpaired) electrons. The maximum atomic E-state index is 11.8. The standard InChI is InChI=1S/C11H15ClN4O3S/c1-20-7-19-5-4-18-3-2-16-9-8(6-13-16)14-11(12)15-10(9)17/h6H,2-5,7H2,1H3,(H,14,15,17). The lowest BCUT2D eigenvalue weighted by atomic mass is 10.4. The summed E-state index contributed by atoms with van der Waals surface area (Å²) in [5.41, 5.74) is 0.569. The molecule has 0 saturated carbocycles. The van der Waals surface area contributed by atoms with Gasteiger partial charge >= 0.3 is 0 Å². The first-order valence-electron chi connectivity index (χ1n) is 5.98.